The number of fused-ring (bicyclic) bond motifs is 1. The van der Waals surface area contributed by atoms with E-state index in [9.17, 15) is 9.90 Å². The zero-order valence-corrected chi connectivity index (χ0v) is 16.9. The second-order valence-corrected chi connectivity index (χ2v) is 7.29. The summed E-state index contributed by atoms with van der Waals surface area (Å²) in [6.45, 7) is 2.77. The highest BCUT2D eigenvalue weighted by Gasteiger charge is 2.43. The van der Waals surface area contributed by atoms with Gasteiger partial charge in [-0.15, -0.1) is 0 Å². The second-order valence-electron chi connectivity index (χ2n) is 7.29. The second kappa shape index (κ2) is 7.62. The van der Waals surface area contributed by atoms with E-state index in [0.717, 1.165) is 35.2 Å². The number of phenols is 1. The van der Waals surface area contributed by atoms with Crippen molar-refractivity contribution in [1.82, 2.24) is 14.7 Å². The molecule has 2 aromatic carbocycles. The summed E-state index contributed by atoms with van der Waals surface area (Å²) < 4.78 is 7.01. The maximum Gasteiger partial charge on any atom is 0.273 e. The highest BCUT2D eigenvalue weighted by molar-refractivity contribution is 6.00. The predicted octanol–water partition coefficient (Wildman–Crippen LogP) is 4.15. The van der Waals surface area contributed by atoms with Gasteiger partial charge < -0.3 is 14.7 Å². The maximum absolute atomic E-state index is 13.4. The van der Waals surface area contributed by atoms with Crippen molar-refractivity contribution in [3.8, 4) is 22.8 Å². The summed E-state index contributed by atoms with van der Waals surface area (Å²) in [7, 11) is 3.35. The monoisotopic (exact) mass is 391 g/mol. The number of phenolic OH excluding ortho intramolecular Hbond substituents is 1. The first-order valence-electron chi connectivity index (χ1n) is 9.87. The summed E-state index contributed by atoms with van der Waals surface area (Å²) in [4.78, 5) is 15.3. The Labute approximate surface area is 170 Å². The molecule has 1 unspecified atom stereocenters. The van der Waals surface area contributed by atoms with Gasteiger partial charge in [-0.05, 0) is 24.1 Å². The molecule has 0 radical (unpaired) electrons. The molecule has 1 aliphatic rings. The van der Waals surface area contributed by atoms with Crippen molar-refractivity contribution in [3.05, 3.63) is 65.4 Å². The van der Waals surface area contributed by atoms with Crippen molar-refractivity contribution in [3.63, 3.8) is 0 Å². The third-order valence-corrected chi connectivity index (χ3v) is 5.45. The van der Waals surface area contributed by atoms with Crippen LogP contribution in [0, 0.1) is 0 Å². The minimum Gasteiger partial charge on any atom is -0.504 e. The van der Waals surface area contributed by atoms with Gasteiger partial charge in [0.15, 0.2) is 11.5 Å². The van der Waals surface area contributed by atoms with E-state index in [1.807, 2.05) is 54.4 Å². The number of hydrogen-bond acceptors (Lipinski definition) is 4. The molecule has 6 nitrogen and oxygen atoms in total. The highest BCUT2D eigenvalue weighted by atomic mass is 16.5. The predicted molar refractivity (Wildman–Crippen MR) is 111 cm³/mol. The fourth-order valence-corrected chi connectivity index (χ4v) is 4.04. The average Bonchev–Trinajstić information content (AvgIpc) is 3.23. The Morgan fingerprint density at radius 2 is 1.93 bits per heavy atom. The quantitative estimate of drug-likeness (QED) is 0.686. The zero-order chi connectivity index (χ0) is 20.5. The van der Waals surface area contributed by atoms with E-state index in [1.165, 1.54) is 7.11 Å². The number of unbranched alkanes of at least 4 members (excludes halogenated alkanes) is 1. The number of rotatable bonds is 6. The van der Waals surface area contributed by atoms with Crippen LogP contribution in [0.5, 0.6) is 11.5 Å². The van der Waals surface area contributed by atoms with Crippen LogP contribution in [0.2, 0.25) is 0 Å². The molecular weight excluding hydrogens is 366 g/mol. The van der Waals surface area contributed by atoms with Crippen LogP contribution in [0.1, 0.15) is 47.4 Å². The Morgan fingerprint density at radius 3 is 2.62 bits per heavy atom. The van der Waals surface area contributed by atoms with Crippen LogP contribution in [-0.2, 0) is 7.05 Å². The van der Waals surface area contributed by atoms with Gasteiger partial charge in [0.2, 0.25) is 0 Å². The van der Waals surface area contributed by atoms with Crippen LogP contribution in [-0.4, -0.2) is 39.3 Å². The van der Waals surface area contributed by atoms with Crippen LogP contribution in [0.4, 0.5) is 0 Å². The number of amides is 1. The van der Waals surface area contributed by atoms with Crippen LogP contribution < -0.4 is 4.74 Å². The smallest absolute Gasteiger partial charge is 0.273 e. The molecule has 1 N–H and O–H groups in total. The largest absolute Gasteiger partial charge is 0.504 e. The molecule has 1 aliphatic heterocycles. The highest BCUT2D eigenvalue weighted by Crippen LogP contribution is 2.45. The maximum atomic E-state index is 13.4. The van der Waals surface area contributed by atoms with Crippen LogP contribution in [0.3, 0.4) is 0 Å². The first kappa shape index (κ1) is 19.1. The van der Waals surface area contributed by atoms with Crippen molar-refractivity contribution >= 4 is 5.91 Å². The fraction of sp³-hybridized carbons (Fsp3) is 0.304. The van der Waals surface area contributed by atoms with E-state index in [2.05, 4.69) is 6.92 Å². The lowest BCUT2D eigenvalue weighted by atomic mass is 9.95. The van der Waals surface area contributed by atoms with E-state index in [-0.39, 0.29) is 17.7 Å². The number of benzene rings is 2. The number of carbonyl (C=O) groups is 1. The number of nitrogens with zero attached hydrogens (tertiary/aromatic N) is 3. The van der Waals surface area contributed by atoms with Crippen LogP contribution >= 0.6 is 0 Å². The van der Waals surface area contributed by atoms with E-state index in [1.54, 1.807) is 10.7 Å². The molecule has 1 aromatic heterocycles. The lowest BCUT2D eigenvalue weighted by Crippen LogP contribution is -2.31. The fourth-order valence-electron chi connectivity index (χ4n) is 4.04. The third-order valence-electron chi connectivity index (χ3n) is 5.45. The summed E-state index contributed by atoms with van der Waals surface area (Å²) >= 11 is 0. The number of ether oxygens (including phenoxy) is 1. The molecule has 0 saturated carbocycles. The molecule has 1 atom stereocenters. The normalized spacial score (nSPS) is 15.6. The van der Waals surface area contributed by atoms with Gasteiger partial charge in [-0.3, -0.25) is 9.48 Å². The van der Waals surface area contributed by atoms with Crippen molar-refractivity contribution in [1.29, 1.82) is 0 Å². The van der Waals surface area contributed by atoms with Gasteiger partial charge in [0, 0.05) is 24.7 Å². The molecule has 0 fully saturated rings. The van der Waals surface area contributed by atoms with Crippen molar-refractivity contribution in [2.75, 3.05) is 13.7 Å². The van der Waals surface area contributed by atoms with E-state index in [0.29, 0.717) is 18.0 Å². The van der Waals surface area contributed by atoms with Gasteiger partial charge >= 0.3 is 0 Å². The topological polar surface area (TPSA) is 67.6 Å². The minimum absolute atomic E-state index is 0.0114. The Kier molecular flexibility index (Phi) is 5.01. The van der Waals surface area contributed by atoms with Crippen LogP contribution in [0.15, 0.2) is 48.5 Å². The number of methoxy groups -OCH3 is 1. The molecule has 0 aliphatic carbocycles. The number of hydrogen-bond donors (Lipinski definition) is 1. The summed E-state index contributed by atoms with van der Waals surface area (Å²) in [5.74, 6) is 0.460. The van der Waals surface area contributed by atoms with Gasteiger partial charge in [-0.2, -0.15) is 5.10 Å². The number of aromatic hydroxyl groups is 1. The Morgan fingerprint density at radius 1 is 1.17 bits per heavy atom. The summed E-state index contributed by atoms with van der Waals surface area (Å²) in [6.07, 6.45) is 1.91. The molecule has 2 heterocycles. The Hall–Kier alpha value is -3.28. The minimum atomic E-state index is -0.276. The van der Waals surface area contributed by atoms with Gasteiger partial charge in [-0.1, -0.05) is 49.7 Å². The Bertz CT molecular complexity index is 1040. The molecule has 0 bridgehead atoms. The number of aryl methyl sites for hydroxylation is 1. The summed E-state index contributed by atoms with van der Waals surface area (Å²) in [6, 6.07) is 14.9. The van der Waals surface area contributed by atoms with Crippen molar-refractivity contribution in [2.24, 2.45) is 7.05 Å². The summed E-state index contributed by atoms with van der Waals surface area (Å²) in [5, 5.41) is 14.7. The number of carbonyl (C=O) groups excluding carboxylic acids is 1. The van der Waals surface area contributed by atoms with Crippen molar-refractivity contribution in [2.45, 2.75) is 25.8 Å². The third kappa shape index (κ3) is 3.14. The molecule has 1 amide bonds. The lowest BCUT2D eigenvalue weighted by Gasteiger charge is -2.26. The number of aromatic nitrogens is 2. The molecule has 3 aromatic rings. The molecule has 4 rings (SSSR count). The SMILES string of the molecule is CCCCN1C(=O)c2c(c(-c3ccccc3)nn2C)C1c1ccc(O)c(OC)c1. The molecule has 6 heteroatoms. The van der Waals surface area contributed by atoms with Gasteiger partial charge in [-0.25, -0.2) is 0 Å². The molecule has 0 spiro atoms. The van der Waals surface area contributed by atoms with Crippen LogP contribution in [0.25, 0.3) is 11.3 Å². The zero-order valence-electron chi connectivity index (χ0n) is 16.9. The van der Waals surface area contributed by atoms with E-state index >= 15 is 0 Å². The molecule has 150 valence electrons. The van der Waals surface area contributed by atoms with E-state index < -0.39 is 0 Å². The van der Waals surface area contributed by atoms with E-state index in [4.69, 9.17) is 9.84 Å². The van der Waals surface area contributed by atoms with Crippen molar-refractivity contribution < 1.29 is 14.6 Å². The van der Waals surface area contributed by atoms with Gasteiger partial charge in [0.25, 0.3) is 5.91 Å². The summed E-state index contributed by atoms with van der Waals surface area (Å²) in [5.41, 5.74) is 4.22. The Balaban J connectivity index is 1.92. The lowest BCUT2D eigenvalue weighted by molar-refractivity contribution is 0.0737. The standard InChI is InChI=1S/C23H25N3O3/c1-4-5-13-26-21(16-11-12-17(27)18(14-16)29-3)19-20(15-9-7-6-8-10-15)24-25(2)22(19)23(26)28/h6-12,14,21,27H,4-5,13H2,1-3H3. The molecular formula is C23H25N3O3. The molecule has 0 saturated heterocycles. The first-order chi connectivity index (χ1) is 14.1. The molecule has 29 heavy (non-hydrogen) atoms. The average molecular weight is 391 g/mol. The van der Waals surface area contributed by atoms with Gasteiger partial charge in [0.1, 0.15) is 5.69 Å². The first-order valence-corrected chi connectivity index (χ1v) is 9.87. The van der Waals surface area contributed by atoms with Gasteiger partial charge in [0.05, 0.1) is 18.8 Å².